The monoisotopic (exact) mass is 372 g/mol. The maximum Gasteiger partial charge on any atom is 0.107 e. The van der Waals surface area contributed by atoms with Gasteiger partial charge in [0.15, 0.2) is 0 Å². The van der Waals surface area contributed by atoms with Crippen molar-refractivity contribution in [2.24, 2.45) is 0 Å². The van der Waals surface area contributed by atoms with E-state index in [9.17, 15) is 0 Å². The first kappa shape index (κ1) is 22.3. The van der Waals surface area contributed by atoms with Crippen molar-refractivity contribution < 1.29 is 28.4 Å². The maximum atomic E-state index is 5.39. The van der Waals surface area contributed by atoms with Crippen LogP contribution in [0.25, 0.3) is 0 Å². The van der Waals surface area contributed by atoms with Gasteiger partial charge in [-0.05, 0) is 0 Å². The lowest BCUT2D eigenvalue weighted by Gasteiger charge is -2.07. The highest BCUT2D eigenvalue weighted by atomic mass is 32.2. The summed E-state index contributed by atoms with van der Waals surface area (Å²) in [6.07, 6.45) is 0. The summed E-state index contributed by atoms with van der Waals surface area (Å²) in [6, 6.07) is 0. The zero-order valence-electron chi connectivity index (χ0n) is 14.8. The molecule has 1 rings (SSSR count). The van der Waals surface area contributed by atoms with Crippen molar-refractivity contribution in [3.05, 3.63) is 0 Å². The molecule has 0 aliphatic carbocycles. The normalized spacial score (nSPS) is 21.4. The molecule has 1 heterocycles. The predicted octanol–water partition coefficient (Wildman–Crippen LogP) is 0.840. The molecule has 0 aromatic heterocycles. The van der Waals surface area contributed by atoms with Crippen LogP contribution >= 0.6 is 11.8 Å². The zero-order chi connectivity index (χ0) is 17.7. The minimum absolute atomic E-state index is 0.430. The minimum atomic E-state index is 0.430. The van der Waals surface area contributed by atoms with E-state index < -0.39 is 0 Å². The van der Waals surface area contributed by atoms with E-state index in [0.29, 0.717) is 79.3 Å². The van der Waals surface area contributed by atoms with Gasteiger partial charge in [0.25, 0.3) is 0 Å². The molecule has 0 N–H and O–H groups in total. The minimum Gasteiger partial charge on any atom is -0.377 e. The average molecular weight is 372 g/mol. The second kappa shape index (κ2) is 19.6. The van der Waals surface area contributed by atoms with Crippen LogP contribution in [0.4, 0.5) is 0 Å². The van der Waals surface area contributed by atoms with Crippen LogP contribution in [0, 0.1) is 23.7 Å². The molecule has 0 radical (unpaired) electrons. The molecule has 0 amide bonds. The summed E-state index contributed by atoms with van der Waals surface area (Å²) in [4.78, 5) is 0. The van der Waals surface area contributed by atoms with E-state index in [-0.39, 0.29) is 0 Å². The summed E-state index contributed by atoms with van der Waals surface area (Å²) in [6.45, 7) is 6.34. The lowest BCUT2D eigenvalue weighted by Crippen LogP contribution is -2.14. The third-order valence-corrected chi connectivity index (χ3v) is 3.50. The van der Waals surface area contributed by atoms with Crippen LogP contribution in [0.1, 0.15) is 0 Å². The molecule has 0 spiro atoms. The fourth-order valence-electron chi connectivity index (χ4n) is 1.60. The molecule has 0 aromatic carbocycles. The smallest absolute Gasteiger partial charge is 0.107 e. The summed E-state index contributed by atoms with van der Waals surface area (Å²) >= 11 is 1.68. The van der Waals surface area contributed by atoms with Gasteiger partial charge in [-0.25, -0.2) is 0 Å². The number of thioether (sulfide) groups is 1. The van der Waals surface area contributed by atoms with Crippen molar-refractivity contribution in [2.75, 3.05) is 90.8 Å². The first-order valence-electron chi connectivity index (χ1n) is 8.46. The van der Waals surface area contributed by atoms with E-state index in [4.69, 9.17) is 28.4 Å². The second-order valence-corrected chi connectivity index (χ2v) is 5.74. The van der Waals surface area contributed by atoms with Gasteiger partial charge in [-0.2, -0.15) is 0 Å². The van der Waals surface area contributed by atoms with Gasteiger partial charge >= 0.3 is 0 Å². The van der Waals surface area contributed by atoms with Gasteiger partial charge in [-0.15, -0.1) is 11.8 Å². The van der Waals surface area contributed by atoms with Gasteiger partial charge in [0, 0.05) is 0 Å². The first-order chi connectivity index (χ1) is 12.5. The summed E-state index contributed by atoms with van der Waals surface area (Å²) in [5.41, 5.74) is 0. The van der Waals surface area contributed by atoms with Gasteiger partial charge in [0.2, 0.25) is 0 Å². The molecule has 0 unspecified atom stereocenters. The van der Waals surface area contributed by atoms with E-state index in [0.717, 1.165) is 11.5 Å². The molecule has 0 saturated carbocycles. The van der Waals surface area contributed by atoms with Crippen LogP contribution in [0.5, 0.6) is 0 Å². The third kappa shape index (κ3) is 17.8. The number of ether oxygens (including phenoxy) is 6. The Balaban J connectivity index is 2.12. The fraction of sp³-hybridized carbons (Fsp3) is 0.778. The molecule has 25 heavy (non-hydrogen) atoms. The molecular formula is C18H28O6S. The molecular weight excluding hydrogens is 344 g/mol. The van der Waals surface area contributed by atoms with Crippen LogP contribution in [0.3, 0.4) is 0 Å². The predicted molar refractivity (Wildman–Crippen MR) is 97.8 cm³/mol. The highest BCUT2D eigenvalue weighted by Gasteiger charge is 1.93. The molecule has 0 bridgehead atoms. The van der Waals surface area contributed by atoms with E-state index >= 15 is 0 Å². The van der Waals surface area contributed by atoms with Crippen LogP contribution in [-0.4, -0.2) is 90.8 Å². The van der Waals surface area contributed by atoms with E-state index in [1.165, 1.54) is 0 Å². The van der Waals surface area contributed by atoms with Crippen molar-refractivity contribution in [2.45, 2.75) is 0 Å². The molecule has 7 heteroatoms. The standard InChI is InChI=1S/C18H28O6S/c1-3-17-25-18-4-2-6-20-8-10-22-12-14-24-16-15-23-13-11-21-9-7-19-5-1/h5-18H2. The Morgan fingerprint density at radius 2 is 0.720 bits per heavy atom. The van der Waals surface area contributed by atoms with Gasteiger partial charge in [-0.3, -0.25) is 0 Å². The number of hydrogen-bond donors (Lipinski definition) is 0. The Bertz CT molecular complexity index is 371. The number of hydrogen-bond acceptors (Lipinski definition) is 7. The molecule has 142 valence electrons. The van der Waals surface area contributed by atoms with Gasteiger partial charge in [-0.1, -0.05) is 23.7 Å². The fourth-order valence-corrected chi connectivity index (χ4v) is 2.11. The van der Waals surface area contributed by atoms with Crippen molar-refractivity contribution in [3.63, 3.8) is 0 Å². The molecule has 0 atom stereocenters. The maximum absolute atomic E-state index is 5.39. The first-order valence-corrected chi connectivity index (χ1v) is 9.61. The Hall–Kier alpha value is -0.770. The highest BCUT2D eigenvalue weighted by molar-refractivity contribution is 7.99. The third-order valence-electron chi connectivity index (χ3n) is 2.81. The Morgan fingerprint density at radius 3 is 1.08 bits per heavy atom. The van der Waals surface area contributed by atoms with E-state index in [2.05, 4.69) is 23.7 Å². The SMILES string of the molecule is C1#CCSCC#CCOCCOCCOCCOCCOCCOC1. The average Bonchev–Trinajstić information content (AvgIpc) is 2.62. The second-order valence-electron chi connectivity index (χ2n) is 4.75. The highest BCUT2D eigenvalue weighted by Crippen LogP contribution is 1.95. The van der Waals surface area contributed by atoms with Gasteiger partial charge in [0.1, 0.15) is 13.2 Å². The van der Waals surface area contributed by atoms with Crippen molar-refractivity contribution >= 4 is 11.8 Å². The van der Waals surface area contributed by atoms with Crippen LogP contribution < -0.4 is 0 Å². The van der Waals surface area contributed by atoms with E-state index in [1.807, 2.05) is 0 Å². The molecule has 0 fully saturated rings. The summed E-state index contributed by atoms with van der Waals surface area (Å²) < 4.78 is 32.3. The summed E-state index contributed by atoms with van der Waals surface area (Å²) in [5.74, 6) is 13.5. The van der Waals surface area contributed by atoms with Crippen molar-refractivity contribution in [1.29, 1.82) is 0 Å². The Morgan fingerprint density at radius 1 is 0.400 bits per heavy atom. The quantitative estimate of drug-likeness (QED) is 0.584. The summed E-state index contributed by atoms with van der Waals surface area (Å²) in [5, 5.41) is 0. The topological polar surface area (TPSA) is 55.4 Å². The van der Waals surface area contributed by atoms with Crippen molar-refractivity contribution in [3.8, 4) is 23.7 Å². The van der Waals surface area contributed by atoms with Crippen LogP contribution in [-0.2, 0) is 28.4 Å². The molecule has 6 nitrogen and oxygen atoms in total. The lowest BCUT2D eigenvalue weighted by atomic mass is 10.6. The van der Waals surface area contributed by atoms with Crippen LogP contribution in [0.15, 0.2) is 0 Å². The van der Waals surface area contributed by atoms with E-state index in [1.54, 1.807) is 11.8 Å². The number of rotatable bonds is 0. The molecule has 1 aliphatic heterocycles. The van der Waals surface area contributed by atoms with Gasteiger partial charge < -0.3 is 28.4 Å². The largest absolute Gasteiger partial charge is 0.377 e. The molecule has 0 aromatic rings. The Labute approximate surface area is 155 Å². The zero-order valence-corrected chi connectivity index (χ0v) is 15.6. The van der Waals surface area contributed by atoms with Gasteiger partial charge in [0.05, 0.1) is 77.6 Å². The molecule has 1 aliphatic rings. The molecule has 0 saturated heterocycles. The van der Waals surface area contributed by atoms with Crippen molar-refractivity contribution in [1.82, 2.24) is 0 Å². The Kier molecular flexibility index (Phi) is 17.4. The lowest BCUT2D eigenvalue weighted by molar-refractivity contribution is -0.0142. The summed E-state index contributed by atoms with van der Waals surface area (Å²) in [7, 11) is 0. The van der Waals surface area contributed by atoms with Crippen LogP contribution in [0.2, 0.25) is 0 Å².